The molecule has 0 aliphatic rings. The molecule has 0 spiro atoms. The van der Waals surface area contributed by atoms with Crippen LogP contribution in [0.15, 0.2) is 24.3 Å². The molecule has 0 aromatic heterocycles. The lowest BCUT2D eigenvalue weighted by molar-refractivity contribution is -0.385. The van der Waals surface area contributed by atoms with E-state index in [9.17, 15) is 19.7 Å². The van der Waals surface area contributed by atoms with E-state index < -0.39 is 34.2 Å². The zero-order chi connectivity index (χ0) is 24.7. The van der Waals surface area contributed by atoms with Crippen molar-refractivity contribution < 1.29 is 24.0 Å². The van der Waals surface area contributed by atoms with Crippen LogP contribution in [-0.2, 0) is 20.0 Å². The van der Waals surface area contributed by atoms with Crippen molar-refractivity contribution in [1.29, 1.82) is 0 Å². The largest absolute Gasteiger partial charge is 0.460 e. The van der Waals surface area contributed by atoms with Crippen LogP contribution < -0.4 is 5.32 Å². The summed E-state index contributed by atoms with van der Waals surface area (Å²) in [6, 6.07) is 6.10. The van der Waals surface area contributed by atoms with Gasteiger partial charge in [0.2, 0.25) is 0 Å². The molecule has 1 amide bonds. The van der Waals surface area contributed by atoms with Gasteiger partial charge in [-0.2, -0.15) is 11.8 Å². The normalized spacial score (nSPS) is 13.9. The van der Waals surface area contributed by atoms with Crippen molar-refractivity contribution in [2.45, 2.75) is 90.1 Å². The van der Waals surface area contributed by atoms with Crippen molar-refractivity contribution in [2.24, 2.45) is 5.92 Å². The quantitative estimate of drug-likeness (QED) is 0.290. The van der Waals surface area contributed by atoms with Crippen LogP contribution in [0.3, 0.4) is 0 Å². The average Bonchev–Trinajstić information content (AvgIpc) is 2.60. The van der Waals surface area contributed by atoms with Gasteiger partial charge in [-0.1, -0.05) is 32.0 Å². The summed E-state index contributed by atoms with van der Waals surface area (Å²) >= 11 is 1.38. The van der Waals surface area contributed by atoms with Crippen LogP contribution in [0.25, 0.3) is 0 Å². The van der Waals surface area contributed by atoms with Crippen molar-refractivity contribution in [3.05, 3.63) is 39.9 Å². The van der Waals surface area contributed by atoms with Gasteiger partial charge in [-0.25, -0.2) is 4.79 Å². The van der Waals surface area contributed by atoms with Crippen LogP contribution in [0, 0.1) is 16.0 Å². The maximum absolute atomic E-state index is 12.6. The second-order valence-corrected chi connectivity index (χ2v) is 11.2. The van der Waals surface area contributed by atoms with Crippen molar-refractivity contribution in [3.63, 3.8) is 0 Å². The number of carbonyl (C=O) groups is 2. The van der Waals surface area contributed by atoms with E-state index in [0.717, 1.165) is 0 Å². The lowest BCUT2D eigenvalue weighted by Crippen LogP contribution is -2.48. The Kier molecular flexibility index (Phi) is 10.0. The van der Waals surface area contributed by atoms with Crippen molar-refractivity contribution in [3.8, 4) is 0 Å². The number of rotatable bonds is 9. The molecule has 0 heterocycles. The fourth-order valence-electron chi connectivity index (χ4n) is 2.98. The molecule has 8 nitrogen and oxygen atoms in total. The molecule has 0 saturated heterocycles. The zero-order valence-corrected chi connectivity index (χ0v) is 21.1. The van der Waals surface area contributed by atoms with E-state index in [1.165, 1.54) is 17.8 Å². The number of nitro groups is 1. The second kappa shape index (κ2) is 11.5. The Bertz CT molecular complexity index is 798. The number of nitro benzene ring substituents is 1. The third-order valence-electron chi connectivity index (χ3n) is 4.23. The SMILES string of the molecule is CC(C)[C@H](NC(=O)OC(C)(C)C)[C@H](CC(=O)OC(C)(C)C)SCc1ccccc1[N+](=O)[O-]. The first kappa shape index (κ1) is 27.7. The predicted molar refractivity (Wildman–Crippen MR) is 127 cm³/mol. The lowest BCUT2D eigenvalue weighted by Gasteiger charge is -2.32. The van der Waals surface area contributed by atoms with Gasteiger partial charge in [-0.3, -0.25) is 14.9 Å². The monoisotopic (exact) mass is 468 g/mol. The van der Waals surface area contributed by atoms with Crippen LogP contribution in [0.4, 0.5) is 10.5 Å². The Balaban J connectivity index is 3.12. The Morgan fingerprint density at radius 1 is 1.06 bits per heavy atom. The Hall–Kier alpha value is -2.29. The molecule has 32 heavy (non-hydrogen) atoms. The van der Waals surface area contributed by atoms with Crippen molar-refractivity contribution in [1.82, 2.24) is 5.32 Å². The van der Waals surface area contributed by atoms with E-state index in [2.05, 4.69) is 5.32 Å². The van der Waals surface area contributed by atoms with Gasteiger partial charge in [0.25, 0.3) is 5.69 Å². The highest BCUT2D eigenvalue weighted by atomic mass is 32.2. The number of nitrogens with one attached hydrogen (secondary N) is 1. The molecule has 2 atom stereocenters. The molecule has 180 valence electrons. The molecule has 0 aliphatic heterocycles. The van der Waals surface area contributed by atoms with E-state index >= 15 is 0 Å². The molecule has 1 aromatic rings. The number of amides is 1. The van der Waals surface area contributed by atoms with Gasteiger partial charge in [0.05, 0.1) is 11.3 Å². The summed E-state index contributed by atoms with van der Waals surface area (Å²) in [6.07, 6.45) is -0.530. The van der Waals surface area contributed by atoms with Gasteiger partial charge < -0.3 is 14.8 Å². The Morgan fingerprint density at radius 2 is 1.62 bits per heavy atom. The Morgan fingerprint density at radius 3 is 2.12 bits per heavy atom. The molecular weight excluding hydrogens is 432 g/mol. The van der Waals surface area contributed by atoms with E-state index in [4.69, 9.17) is 9.47 Å². The molecular formula is C23H36N2O6S. The summed E-state index contributed by atoms with van der Waals surface area (Å²) in [5, 5.41) is 13.9. The molecule has 0 bridgehead atoms. The highest BCUT2D eigenvalue weighted by molar-refractivity contribution is 7.99. The number of hydrogen-bond donors (Lipinski definition) is 1. The summed E-state index contributed by atoms with van der Waals surface area (Å²) in [5.41, 5.74) is -0.728. The van der Waals surface area contributed by atoms with Crippen molar-refractivity contribution in [2.75, 3.05) is 0 Å². The minimum absolute atomic E-state index is 0.0202. The third-order valence-corrected chi connectivity index (χ3v) is 5.60. The number of esters is 1. The topological polar surface area (TPSA) is 108 Å². The average molecular weight is 469 g/mol. The van der Waals surface area contributed by atoms with Gasteiger partial charge in [-0.05, 0) is 47.5 Å². The molecule has 0 saturated carbocycles. The van der Waals surface area contributed by atoms with Crippen LogP contribution in [0.1, 0.15) is 67.4 Å². The summed E-state index contributed by atoms with van der Waals surface area (Å²) in [6.45, 7) is 14.6. The number of para-hydroxylation sites is 1. The number of alkyl carbamates (subject to hydrolysis) is 1. The molecule has 0 aliphatic carbocycles. The minimum atomic E-state index is -0.663. The van der Waals surface area contributed by atoms with Gasteiger partial charge >= 0.3 is 12.1 Å². The van der Waals surface area contributed by atoms with Crippen LogP contribution >= 0.6 is 11.8 Å². The fraction of sp³-hybridized carbons (Fsp3) is 0.652. The highest BCUT2D eigenvalue weighted by Gasteiger charge is 2.32. The molecule has 1 rings (SSSR count). The number of benzene rings is 1. The van der Waals surface area contributed by atoms with Gasteiger partial charge in [-0.15, -0.1) is 0 Å². The van der Waals surface area contributed by atoms with Gasteiger partial charge in [0.15, 0.2) is 0 Å². The van der Waals surface area contributed by atoms with Crippen LogP contribution in [0.5, 0.6) is 0 Å². The summed E-state index contributed by atoms with van der Waals surface area (Å²) < 4.78 is 10.9. The maximum atomic E-state index is 12.6. The van der Waals surface area contributed by atoms with Gasteiger partial charge in [0, 0.05) is 28.7 Å². The second-order valence-electron chi connectivity index (χ2n) is 9.94. The number of nitrogens with zero attached hydrogens (tertiary/aromatic N) is 1. The minimum Gasteiger partial charge on any atom is -0.460 e. The predicted octanol–water partition coefficient (Wildman–Crippen LogP) is 5.48. The first-order valence-corrected chi connectivity index (χ1v) is 11.7. The van der Waals surface area contributed by atoms with Gasteiger partial charge in [0.1, 0.15) is 11.2 Å². The van der Waals surface area contributed by atoms with E-state index in [1.54, 1.807) is 59.7 Å². The van der Waals surface area contributed by atoms with Crippen molar-refractivity contribution >= 4 is 29.5 Å². The number of thioether (sulfide) groups is 1. The number of carbonyl (C=O) groups excluding carboxylic acids is 2. The van der Waals surface area contributed by atoms with E-state index in [0.29, 0.717) is 11.3 Å². The zero-order valence-electron chi connectivity index (χ0n) is 20.3. The fourth-order valence-corrected chi connectivity index (χ4v) is 4.46. The number of ether oxygens (including phenoxy) is 2. The summed E-state index contributed by atoms with van der Waals surface area (Å²) in [4.78, 5) is 36.0. The first-order chi connectivity index (χ1) is 14.6. The van der Waals surface area contributed by atoms with E-state index in [1.807, 2.05) is 13.8 Å². The van der Waals surface area contributed by atoms with E-state index in [-0.39, 0.29) is 23.3 Å². The number of hydrogen-bond acceptors (Lipinski definition) is 7. The molecule has 1 aromatic carbocycles. The maximum Gasteiger partial charge on any atom is 0.407 e. The lowest BCUT2D eigenvalue weighted by atomic mass is 9.98. The van der Waals surface area contributed by atoms with Crippen LogP contribution in [-0.4, -0.2) is 39.5 Å². The van der Waals surface area contributed by atoms with Crippen LogP contribution in [0.2, 0.25) is 0 Å². The third kappa shape index (κ3) is 10.3. The molecule has 0 radical (unpaired) electrons. The molecule has 1 N–H and O–H groups in total. The molecule has 0 unspecified atom stereocenters. The highest BCUT2D eigenvalue weighted by Crippen LogP contribution is 2.31. The smallest absolute Gasteiger partial charge is 0.407 e. The summed E-state index contributed by atoms with van der Waals surface area (Å²) in [7, 11) is 0. The molecule has 9 heteroatoms. The Labute approximate surface area is 195 Å². The summed E-state index contributed by atoms with van der Waals surface area (Å²) in [5.74, 6) is -0.105. The standard InChI is InChI=1S/C23H36N2O6S/c1-15(2)20(24-21(27)31-23(6,7)8)18(13-19(26)30-22(3,4)5)32-14-16-11-9-10-12-17(16)25(28)29/h9-12,15,18,20H,13-14H2,1-8H3,(H,24,27)/t18-,20-/m0/s1. The first-order valence-electron chi connectivity index (χ1n) is 10.6. The molecule has 0 fully saturated rings.